The van der Waals surface area contributed by atoms with Crippen molar-refractivity contribution in [2.24, 2.45) is 11.7 Å². The number of rotatable bonds is 4. The number of nitrogens with one attached hydrogen (secondary N) is 1. The second-order valence-electron chi connectivity index (χ2n) is 5.91. The normalized spacial score (nSPS) is 20.1. The number of nitrogens with two attached hydrogens (primary N) is 1. The molecule has 0 spiro atoms. The maximum Gasteiger partial charge on any atom is 0.220 e. The first-order valence-electron chi connectivity index (χ1n) is 7.79. The molecule has 2 unspecified atom stereocenters. The average Bonchev–Trinajstić information content (AvgIpc) is 2.59. The zero-order chi connectivity index (χ0) is 18.8. The lowest BCUT2D eigenvalue weighted by atomic mass is 9.93. The van der Waals surface area contributed by atoms with E-state index in [0.717, 1.165) is 0 Å². The Morgan fingerprint density at radius 2 is 1.58 bits per heavy atom. The van der Waals surface area contributed by atoms with Crippen LogP contribution in [0.3, 0.4) is 0 Å². The van der Waals surface area contributed by atoms with E-state index in [1.54, 1.807) is 0 Å². The lowest BCUT2D eigenvalue weighted by Crippen LogP contribution is -2.50. The number of carbonyl (C=O) groups excluding carboxylic acids is 1. The topological polar surface area (TPSA) is 84.1 Å². The molecule has 0 aliphatic carbocycles. The first kappa shape index (κ1) is 19.3. The molecule has 1 aliphatic heterocycles. The van der Waals surface area contributed by atoms with Gasteiger partial charge < -0.3 is 16.0 Å². The summed E-state index contributed by atoms with van der Waals surface area (Å²) in [7, 11) is 0. The quantitative estimate of drug-likeness (QED) is 0.751. The van der Waals surface area contributed by atoms with Crippen LogP contribution in [-0.2, 0) is 4.79 Å². The third-order valence-electron chi connectivity index (χ3n) is 4.28. The predicted molar refractivity (Wildman–Crippen MR) is 105 cm³/mol. The van der Waals surface area contributed by atoms with Crippen LogP contribution in [0.1, 0.15) is 12.8 Å². The van der Waals surface area contributed by atoms with E-state index < -0.39 is 0 Å². The fourth-order valence-corrected chi connectivity index (χ4v) is 4.08. The second-order valence-corrected chi connectivity index (χ2v) is 7.54. The summed E-state index contributed by atoms with van der Waals surface area (Å²) < 4.78 is 0. The van der Waals surface area contributed by atoms with Gasteiger partial charge in [0, 0.05) is 37.3 Å². The first-order valence-corrected chi connectivity index (χ1v) is 9.30. The number of primary amides is 1. The number of hydrogen-bond acceptors (Lipinski definition) is 5. The SMILES string of the molecule is NC(=O)C1CCN(c2c(Cl)cncc2Cl)C(Nc2c(Cl)cncc2Cl)C1. The van der Waals surface area contributed by atoms with Gasteiger partial charge in [-0.1, -0.05) is 46.4 Å². The van der Waals surface area contributed by atoms with Crippen LogP contribution in [-0.4, -0.2) is 28.6 Å². The van der Waals surface area contributed by atoms with Gasteiger partial charge in [-0.25, -0.2) is 0 Å². The van der Waals surface area contributed by atoms with Crippen LogP contribution < -0.4 is 16.0 Å². The molecule has 2 aromatic rings. The Bertz CT molecular complexity index is 794. The van der Waals surface area contributed by atoms with Gasteiger partial charge in [-0.15, -0.1) is 0 Å². The summed E-state index contributed by atoms with van der Waals surface area (Å²) in [5, 5.41) is 4.84. The summed E-state index contributed by atoms with van der Waals surface area (Å²) in [6, 6.07) is 0. The third kappa shape index (κ3) is 3.93. The van der Waals surface area contributed by atoms with Gasteiger partial charge in [0.05, 0.1) is 37.6 Å². The number of anilines is 2. The van der Waals surface area contributed by atoms with Gasteiger partial charge in [0.15, 0.2) is 0 Å². The molecule has 3 N–H and O–H groups in total. The largest absolute Gasteiger partial charge is 0.369 e. The van der Waals surface area contributed by atoms with Gasteiger partial charge in [0.1, 0.15) is 0 Å². The summed E-state index contributed by atoms with van der Waals surface area (Å²) in [6.45, 7) is 0.523. The smallest absolute Gasteiger partial charge is 0.220 e. The molecule has 0 aromatic carbocycles. The van der Waals surface area contributed by atoms with E-state index in [-0.39, 0.29) is 18.0 Å². The van der Waals surface area contributed by atoms with E-state index in [1.165, 1.54) is 24.8 Å². The molecule has 3 rings (SSSR count). The molecule has 0 saturated carbocycles. The Morgan fingerprint density at radius 1 is 1.04 bits per heavy atom. The predicted octanol–water partition coefficient (Wildman–Crippen LogP) is 4.23. The highest BCUT2D eigenvalue weighted by Gasteiger charge is 2.34. The monoisotopic (exact) mass is 433 g/mol. The number of amides is 1. The molecule has 0 bridgehead atoms. The summed E-state index contributed by atoms with van der Waals surface area (Å²) in [4.78, 5) is 21.6. The Balaban J connectivity index is 1.98. The van der Waals surface area contributed by atoms with Crippen LogP contribution in [0.15, 0.2) is 24.8 Å². The molecule has 1 amide bonds. The Kier molecular flexibility index (Phi) is 5.97. The number of halogens is 4. The van der Waals surface area contributed by atoms with Gasteiger partial charge in [-0.3, -0.25) is 14.8 Å². The number of carbonyl (C=O) groups is 1. The van der Waals surface area contributed by atoms with Crippen LogP contribution in [0, 0.1) is 5.92 Å². The molecule has 26 heavy (non-hydrogen) atoms. The summed E-state index contributed by atoms with van der Waals surface area (Å²) in [5.74, 6) is -0.641. The molecule has 3 heterocycles. The van der Waals surface area contributed by atoms with E-state index in [1.807, 2.05) is 4.90 Å². The third-order valence-corrected chi connectivity index (χ3v) is 5.41. The number of hydrogen-bond donors (Lipinski definition) is 2. The van der Waals surface area contributed by atoms with Crippen LogP contribution in [0.25, 0.3) is 0 Å². The van der Waals surface area contributed by atoms with Crippen molar-refractivity contribution in [1.82, 2.24) is 9.97 Å². The highest BCUT2D eigenvalue weighted by atomic mass is 35.5. The van der Waals surface area contributed by atoms with Gasteiger partial charge in [-0.05, 0) is 12.8 Å². The molecular weight excluding hydrogens is 420 g/mol. The van der Waals surface area contributed by atoms with E-state index >= 15 is 0 Å². The van der Waals surface area contributed by atoms with E-state index in [4.69, 9.17) is 52.1 Å². The highest BCUT2D eigenvalue weighted by molar-refractivity contribution is 6.39. The molecule has 6 nitrogen and oxygen atoms in total. The Morgan fingerprint density at radius 3 is 2.12 bits per heavy atom. The molecule has 1 saturated heterocycles. The fourth-order valence-electron chi connectivity index (χ4n) is 3.02. The first-order chi connectivity index (χ1) is 12.4. The van der Waals surface area contributed by atoms with Crippen molar-refractivity contribution in [2.45, 2.75) is 19.0 Å². The summed E-state index contributed by atoms with van der Waals surface area (Å²) in [5.41, 5.74) is 6.67. The van der Waals surface area contributed by atoms with Gasteiger partial charge in [0.2, 0.25) is 5.91 Å². The molecular formula is C16H15Cl4N5O. The van der Waals surface area contributed by atoms with Crippen LogP contribution >= 0.6 is 46.4 Å². The zero-order valence-electron chi connectivity index (χ0n) is 13.4. The summed E-state index contributed by atoms with van der Waals surface area (Å²) >= 11 is 25.1. The number of pyridine rings is 2. The maximum absolute atomic E-state index is 11.7. The minimum absolute atomic E-state index is 0.289. The minimum Gasteiger partial charge on any atom is -0.369 e. The molecule has 10 heteroatoms. The second kappa shape index (κ2) is 8.05. The standard InChI is InChI=1S/C16H15Cl4N5O/c17-9-4-22-5-10(18)14(9)24-13-3-8(16(21)26)1-2-25(13)15-11(19)6-23-7-12(15)20/h4-8,13H,1-3H2,(H2,21,26)(H,22,24). The molecule has 2 aromatic heterocycles. The van der Waals surface area contributed by atoms with Gasteiger partial charge in [-0.2, -0.15) is 0 Å². The zero-order valence-corrected chi connectivity index (χ0v) is 16.4. The van der Waals surface area contributed by atoms with Crippen molar-refractivity contribution >= 4 is 63.7 Å². The van der Waals surface area contributed by atoms with Crippen molar-refractivity contribution in [2.75, 3.05) is 16.8 Å². The maximum atomic E-state index is 11.7. The molecule has 1 aliphatic rings. The highest BCUT2D eigenvalue weighted by Crippen LogP contribution is 2.39. The van der Waals surface area contributed by atoms with Crippen LogP contribution in [0.5, 0.6) is 0 Å². The van der Waals surface area contributed by atoms with E-state index in [9.17, 15) is 4.79 Å². The van der Waals surface area contributed by atoms with Crippen LogP contribution in [0.4, 0.5) is 11.4 Å². The van der Waals surface area contributed by atoms with Crippen LogP contribution in [0.2, 0.25) is 20.1 Å². The average molecular weight is 435 g/mol. The molecule has 138 valence electrons. The van der Waals surface area contributed by atoms with E-state index in [2.05, 4.69) is 15.3 Å². The van der Waals surface area contributed by atoms with Crippen molar-refractivity contribution < 1.29 is 4.79 Å². The van der Waals surface area contributed by atoms with Crippen molar-refractivity contribution in [1.29, 1.82) is 0 Å². The van der Waals surface area contributed by atoms with Crippen molar-refractivity contribution in [3.63, 3.8) is 0 Å². The minimum atomic E-state index is -0.352. The molecule has 1 fully saturated rings. The van der Waals surface area contributed by atoms with Gasteiger partial charge >= 0.3 is 0 Å². The number of nitrogens with zero attached hydrogens (tertiary/aromatic N) is 3. The number of aromatic nitrogens is 2. The van der Waals surface area contributed by atoms with Gasteiger partial charge in [0.25, 0.3) is 0 Å². The Labute approximate surface area is 170 Å². The van der Waals surface area contributed by atoms with E-state index in [0.29, 0.717) is 50.9 Å². The van der Waals surface area contributed by atoms with Crippen molar-refractivity contribution in [3.8, 4) is 0 Å². The fraction of sp³-hybridized carbons (Fsp3) is 0.312. The lowest BCUT2D eigenvalue weighted by molar-refractivity contribution is -0.122. The number of piperidine rings is 1. The molecule has 2 atom stereocenters. The molecule has 0 radical (unpaired) electrons. The summed E-state index contributed by atoms with van der Waals surface area (Å²) in [6.07, 6.45) is 6.69. The Hall–Kier alpha value is -1.47. The lowest BCUT2D eigenvalue weighted by Gasteiger charge is -2.41. The van der Waals surface area contributed by atoms with Crippen molar-refractivity contribution in [3.05, 3.63) is 44.9 Å².